The molecule has 276 valence electrons. The Kier molecular flexibility index (Phi) is 12.8. The number of aromatic nitrogens is 2. The first-order valence-corrected chi connectivity index (χ1v) is 16.9. The maximum atomic E-state index is 13.1. The first kappa shape index (κ1) is 39.8. The number of alkyl carbamates (subject to hydrolysis) is 1. The highest BCUT2D eigenvalue weighted by Gasteiger charge is 2.26. The lowest BCUT2D eigenvalue weighted by Crippen LogP contribution is -2.44. The Bertz CT molecular complexity index is 2090. The molecule has 0 saturated carbocycles. The molecule has 14 heteroatoms. The number of Topliss-reactive ketones (excluding diaryl/α,β-unsaturated/α-hetero) is 1. The molecule has 0 aliphatic heterocycles. The number of esters is 1. The maximum absolute atomic E-state index is 13.1. The van der Waals surface area contributed by atoms with Gasteiger partial charge < -0.3 is 19.5 Å². The highest BCUT2D eigenvalue weighted by molar-refractivity contribution is 6.32. The molecular formula is C39H40ClN5O8. The number of carbonyl (C=O) groups is 5. The molecule has 0 bridgehead atoms. The van der Waals surface area contributed by atoms with Crippen LogP contribution in [-0.2, 0) is 19.0 Å². The number of nitrogens with one attached hydrogen (secondary N) is 3. The molecule has 1 atom stereocenters. The molecule has 3 amide bonds. The Labute approximate surface area is 312 Å². The van der Waals surface area contributed by atoms with Gasteiger partial charge in [-0.05, 0) is 84.4 Å². The molecule has 0 aliphatic rings. The third-order valence-electron chi connectivity index (χ3n) is 7.18. The minimum atomic E-state index is -1.07. The highest BCUT2D eigenvalue weighted by atomic mass is 35.5. The van der Waals surface area contributed by atoms with E-state index < -0.39 is 41.3 Å². The van der Waals surface area contributed by atoms with E-state index in [9.17, 15) is 24.0 Å². The number of methoxy groups -OCH3 is 1. The van der Waals surface area contributed by atoms with Crippen LogP contribution in [0.5, 0.6) is 0 Å². The quantitative estimate of drug-likeness (QED) is 0.0591. The first-order valence-electron chi connectivity index (χ1n) is 16.5. The van der Waals surface area contributed by atoms with Crippen LogP contribution in [0.2, 0.25) is 5.02 Å². The number of hydrogen-bond acceptors (Lipinski definition) is 10. The number of nitrogens with zero attached hydrogens (tertiary/aromatic N) is 2. The third kappa shape index (κ3) is 11.8. The van der Waals surface area contributed by atoms with E-state index in [1.165, 1.54) is 19.4 Å². The zero-order valence-corrected chi connectivity index (χ0v) is 31.1. The van der Waals surface area contributed by atoms with Crippen LogP contribution in [0.1, 0.15) is 86.2 Å². The Morgan fingerprint density at radius 3 is 2.17 bits per heavy atom. The van der Waals surface area contributed by atoms with E-state index >= 15 is 0 Å². The minimum Gasteiger partial charge on any atom is -0.467 e. The summed E-state index contributed by atoms with van der Waals surface area (Å²) in [5.74, 6) is 4.50. The molecular weight excluding hydrogens is 702 g/mol. The van der Waals surface area contributed by atoms with Gasteiger partial charge in [0.1, 0.15) is 17.2 Å². The lowest BCUT2D eigenvalue weighted by molar-refractivity contribution is -0.143. The fourth-order valence-corrected chi connectivity index (χ4v) is 5.03. The topological polar surface area (TPSA) is 175 Å². The average molecular weight is 742 g/mol. The van der Waals surface area contributed by atoms with Crippen molar-refractivity contribution < 1.29 is 38.2 Å². The lowest BCUT2D eigenvalue weighted by Gasteiger charge is -2.22. The molecule has 3 N–H and O–H groups in total. The summed E-state index contributed by atoms with van der Waals surface area (Å²) >= 11 is 6.49. The number of ether oxygens (including phenoxy) is 3. The molecule has 1 unspecified atom stereocenters. The SMILES string of the molecule is COC(=O)C(CCC(=O)c1ccc(C#Cc2ccc(-c3cc(C(=O)NNC(=O)OC(C)(C)C)c4cnccc4n3)cc2)c(Cl)c1)NC(=O)OC(C)(C)C. The predicted molar refractivity (Wildman–Crippen MR) is 198 cm³/mol. The van der Waals surface area contributed by atoms with Gasteiger partial charge in [0.15, 0.2) is 5.78 Å². The molecule has 0 aliphatic carbocycles. The van der Waals surface area contributed by atoms with E-state index in [1.807, 2.05) is 12.1 Å². The van der Waals surface area contributed by atoms with Gasteiger partial charge in [0.05, 0.1) is 28.9 Å². The van der Waals surface area contributed by atoms with Gasteiger partial charge in [-0.3, -0.25) is 20.0 Å². The lowest BCUT2D eigenvalue weighted by atomic mass is 10.0. The van der Waals surface area contributed by atoms with E-state index in [0.717, 1.165) is 0 Å². The largest absolute Gasteiger partial charge is 0.467 e. The van der Waals surface area contributed by atoms with Crippen molar-refractivity contribution in [3.05, 3.63) is 94.3 Å². The molecule has 4 aromatic rings. The van der Waals surface area contributed by atoms with Crippen molar-refractivity contribution in [2.75, 3.05) is 7.11 Å². The number of benzene rings is 2. The standard InChI is InChI=1S/C39H40ClN5O8/c1-38(2,3)52-36(49)43-31(35(48)51-7)16-17-33(46)26-15-14-24(29(40)20-26)11-8-23-9-12-25(13-10-23)32-21-27(28-22-41-19-18-30(28)42-32)34(47)44-45-37(50)53-39(4,5)6/h9-10,12-15,18-22,31H,16-17H2,1-7H3,(H,43,49)(H,44,47)(H,45,50). The van der Waals surface area contributed by atoms with Crippen LogP contribution in [0.15, 0.2) is 67.0 Å². The number of halogens is 1. The van der Waals surface area contributed by atoms with E-state index in [0.29, 0.717) is 38.9 Å². The van der Waals surface area contributed by atoms with Crippen molar-refractivity contribution >= 4 is 52.4 Å². The fraction of sp³-hybridized carbons (Fsp3) is 0.308. The molecule has 2 aromatic heterocycles. The zero-order valence-electron chi connectivity index (χ0n) is 30.4. The van der Waals surface area contributed by atoms with Gasteiger partial charge in [0.2, 0.25) is 0 Å². The van der Waals surface area contributed by atoms with Gasteiger partial charge >= 0.3 is 18.2 Å². The van der Waals surface area contributed by atoms with Gasteiger partial charge in [-0.1, -0.05) is 41.6 Å². The summed E-state index contributed by atoms with van der Waals surface area (Å²) in [5.41, 5.74) is 6.59. The van der Waals surface area contributed by atoms with Crippen molar-refractivity contribution in [3.63, 3.8) is 0 Å². The predicted octanol–water partition coefficient (Wildman–Crippen LogP) is 6.55. The Morgan fingerprint density at radius 1 is 0.849 bits per heavy atom. The number of amides is 3. The van der Waals surface area contributed by atoms with E-state index in [-0.39, 0.29) is 29.2 Å². The number of pyridine rings is 2. The van der Waals surface area contributed by atoms with Gasteiger partial charge in [0.25, 0.3) is 5.91 Å². The Balaban J connectivity index is 1.45. The second-order valence-electron chi connectivity index (χ2n) is 13.7. The number of ketones is 1. The minimum absolute atomic E-state index is 0.00826. The van der Waals surface area contributed by atoms with Crippen molar-refractivity contribution in [1.29, 1.82) is 0 Å². The van der Waals surface area contributed by atoms with Crippen molar-refractivity contribution in [1.82, 2.24) is 26.1 Å². The summed E-state index contributed by atoms with van der Waals surface area (Å²) in [6.45, 7) is 10.2. The number of hydrogen-bond donors (Lipinski definition) is 3. The van der Waals surface area contributed by atoms with Crippen molar-refractivity contribution in [2.24, 2.45) is 0 Å². The number of carbonyl (C=O) groups excluding carboxylic acids is 5. The fourth-order valence-electron chi connectivity index (χ4n) is 4.80. The second-order valence-corrected chi connectivity index (χ2v) is 14.1. The van der Waals surface area contributed by atoms with Crippen LogP contribution in [0.25, 0.3) is 22.2 Å². The molecule has 0 saturated heterocycles. The molecule has 2 heterocycles. The molecule has 53 heavy (non-hydrogen) atoms. The van der Waals surface area contributed by atoms with Crippen molar-refractivity contribution in [3.8, 4) is 23.1 Å². The van der Waals surface area contributed by atoms with Gasteiger partial charge in [-0.25, -0.2) is 24.8 Å². The summed E-state index contributed by atoms with van der Waals surface area (Å²) in [4.78, 5) is 71.4. The van der Waals surface area contributed by atoms with Gasteiger partial charge in [-0.2, -0.15) is 0 Å². The number of hydrazine groups is 1. The van der Waals surface area contributed by atoms with Crippen LogP contribution in [0.3, 0.4) is 0 Å². The van der Waals surface area contributed by atoms with Crippen molar-refractivity contribution in [2.45, 2.75) is 71.6 Å². The normalized spacial score (nSPS) is 11.7. The summed E-state index contributed by atoms with van der Waals surface area (Å²) < 4.78 is 15.2. The van der Waals surface area contributed by atoms with Crippen LogP contribution < -0.4 is 16.2 Å². The molecule has 0 radical (unpaired) electrons. The van der Waals surface area contributed by atoms with E-state index in [2.05, 4.69) is 33.0 Å². The molecule has 2 aromatic carbocycles. The molecule has 4 rings (SSSR count). The Morgan fingerprint density at radius 2 is 1.53 bits per heavy atom. The van der Waals surface area contributed by atoms with E-state index in [1.54, 1.807) is 84.1 Å². The number of fused-ring (bicyclic) bond motifs is 1. The van der Waals surface area contributed by atoms with Crippen LogP contribution in [0.4, 0.5) is 9.59 Å². The van der Waals surface area contributed by atoms with E-state index in [4.69, 9.17) is 30.8 Å². The Hall–Kier alpha value is -6.00. The smallest absolute Gasteiger partial charge is 0.426 e. The first-order chi connectivity index (χ1) is 24.9. The summed E-state index contributed by atoms with van der Waals surface area (Å²) in [7, 11) is 1.19. The monoisotopic (exact) mass is 741 g/mol. The maximum Gasteiger partial charge on any atom is 0.426 e. The molecule has 0 spiro atoms. The van der Waals surface area contributed by atoms with Crippen LogP contribution in [0, 0.1) is 11.8 Å². The number of rotatable bonds is 8. The average Bonchev–Trinajstić information content (AvgIpc) is 3.09. The van der Waals surface area contributed by atoms with Crippen LogP contribution >= 0.6 is 11.6 Å². The van der Waals surface area contributed by atoms with Crippen LogP contribution in [-0.4, -0.2) is 64.2 Å². The second kappa shape index (κ2) is 17.0. The van der Waals surface area contributed by atoms with Gasteiger partial charge in [-0.15, -0.1) is 0 Å². The zero-order chi connectivity index (χ0) is 38.9. The molecule has 0 fully saturated rings. The van der Waals surface area contributed by atoms with Gasteiger partial charge in [0, 0.05) is 46.5 Å². The third-order valence-corrected chi connectivity index (χ3v) is 7.49. The molecule has 13 nitrogen and oxygen atoms in total. The summed E-state index contributed by atoms with van der Waals surface area (Å²) in [5, 5.41) is 3.21. The summed E-state index contributed by atoms with van der Waals surface area (Å²) in [6, 6.07) is 14.1. The highest BCUT2D eigenvalue weighted by Crippen LogP contribution is 2.25. The summed E-state index contributed by atoms with van der Waals surface area (Å²) in [6.07, 6.45) is 1.41.